The van der Waals surface area contributed by atoms with Gasteiger partial charge in [-0.3, -0.25) is 9.56 Å². The predicted octanol–water partition coefficient (Wildman–Crippen LogP) is 1.59. The lowest BCUT2D eigenvalue weighted by molar-refractivity contribution is 0.0668. The van der Waals surface area contributed by atoms with E-state index in [1.54, 1.807) is 7.05 Å². The summed E-state index contributed by atoms with van der Waals surface area (Å²) >= 11 is 1.43. The zero-order valence-corrected chi connectivity index (χ0v) is 15.6. The lowest BCUT2D eigenvalue weighted by atomic mass is 10.3. The van der Waals surface area contributed by atoms with Gasteiger partial charge in [0.15, 0.2) is 5.96 Å². The average molecular weight is 384 g/mol. The lowest BCUT2D eigenvalue weighted by Crippen LogP contribution is -2.52. The number of rotatable bonds is 5. The molecule has 0 unspecified atom stereocenters. The third-order valence-electron chi connectivity index (χ3n) is 4.20. The molecular formula is C15H22F2N8S. The fourth-order valence-corrected chi connectivity index (χ4v) is 3.58. The van der Waals surface area contributed by atoms with Gasteiger partial charge in [0.2, 0.25) is 5.13 Å². The number of hydrogen-bond donors (Lipinski definition) is 1. The van der Waals surface area contributed by atoms with Gasteiger partial charge in [-0.2, -0.15) is 13.2 Å². The van der Waals surface area contributed by atoms with Crippen LogP contribution in [0.3, 0.4) is 0 Å². The molecule has 0 aliphatic carbocycles. The molecule has 1 aliphatic rings. The summed E-state index contributed by atoms with van der Waals surface area (Å²) in [5.41, 5.74) is 0. The summed E-state index contributed by atoms with van der Waals surface area (Å²) in [6.45, 7) is 2.79. The van der Waals surface area contributed by atoms with Gasteiger partial charge in [-0.25, -0.2) is 9.97 Å². The molecule has 0 saturated carbocycles. The number of aryl methyl sites for hydroxylation is 1. The van der Waals surface area contributed by atoms with E-state index < -0.39 is 6.55 Å². The molecule has 2 aromatic heterocycles. The number of nitrogens with one attached hydrogen (secondary N) is 1. The smallest absolute Gasteiger partial charge is 0.319 e. The Morgan fingerprint density at radius 2 is 2.12 bits per heavy atom. The van der Waals surface area contributed by atoms with Gasteiger partial charge >= 0.3 is 6.55 Å². The summed E-state index contributed by atoms with van der Waals surface area (Å²) in [5.74, 6) is 1.83. The number of halogens is 2. The highest BCUT2D eigenvalue weighted by molar-refractivity contribution is 7.09. The Kier molecular flexibility index (Phi) is 5.96. The molecule has 2 aromatic rings. The second-order valence-corrected chi connectivity index (χ2v) is 6.48. The van der Waals surface area contributed by atoms with Crippen LogP contribution in [-0.4, -0.2) is 63.0 Å². The number of guanidine groups is 1. The van der Waals surface area contributed by atoms with Gasteiger partial charge in [-0.15, -0.1) is 0 Å². The Hall–Kier alpha value is -2.30. The minimum absolute atomic E-state index is 0.195. The Bertz CT molecular complexity index is 736. The number of anilines is 1. The van der Waals surface area contributed by atoms with Crippen LogP contribution in [-0.2, 0) is 13.0 Å². The normalized spacial score (nSPS) is 15.8. The SMILES string of the molecule is CCc1nsc(N2CCN(C(=NC)NCc3nccn3C(F)F)CC2)n1. The number of alkyl halides is 2. The monoisotopic (exact) mass is 384 g/mol. The topological polar surface area (TPSA) is 74.5 Å². The minimum Gasteiger partial charge on any atom is -0.349 e. The van der Waals surface area contributed by atoms with E-state index in [4.69, 9.17) is 0 Å². The highest BCUT2D eigenvalue weighted by Crippen LogP contribution is 2.19. The average Bonchev–Trinajstić information content (AvgIpc) is 3.32. The Morgan fingerprint density at radius 1 is 1.35 bits per heavy atom. The van der Waals surface area contributed by atoms with E-state index in [0.29, 0.717) is 5.96 Å². The fraction of sp³-hybridized carbons (Fsp3) is 0.600. The largest absolute Gasteiger partial charge is 0.349 e. The zero-order chi connectivity index (χ0) is 18.5. The van der Waals surface area contributed by atoms with Crippen molar-refractivity contribution in [2.45, 2.75) is 26.4 Å². The van der Waals surface area contributed by atoms with Crippen molar-refractivity contribution < 1.29 is 8.78 Å². The molecule has 3 rings (SSSR count). The van der Waals surface area contributed by atoms with Gasteiger partial charge in [0.25, 0.3) is 0 Å². The maximum absolute atomic E-state index is 12.9. The van der Waals surface area contributed by atoms with E-state index in [1.165, 1.54) is 23.9 Å². The molecule has 1 saturated heterocycles. The molecule has 0 amide bonds. The molecule has 8 nitrogen and oxygen atoms in total. The molecule has 0 aromatic carbocycles. The van der Waals surface area contributed by atoms with Crippen LogP contribution >= 0.6 is 11.5 Å². The van der Waals surface area contributed by atoms with Crippen LogP contribution in [0.5, 0.6) is 0 Å². The van der Waals surface area contributed by atoms with Crippen LogP contribution in [0.25, 0.3) is 0 Å². The molecule has 11 heteroatoms. The van der Waals surface area contributed by atoms with Crippen LogP contribution in [0, 0.1) is 0 Å². The summed E-state index contributed by atoms with van der Waals surface area (Å²) in [5, 5.41) is 4.07. The quantitative estimate of drug-likeness (QED) is 0.623. The molecule has 1 aliphatic heterocycles. The first-order chi connectivity index (χ1) is 12.6. The van der Waals surface area contributed by atoms with Crippen molar-refractivity contribution in [1.29, 1.82) is 0 Å². The minimum atomic E-state index is -2.60. The van der Waals surface area contributed by atoms with Crippen molar-refractivity contribution in [2.24, 2.45) is 4.99 Å². The third-order valence-corrected chi connectivity index (χ3v) is 5.01. The van der Waals surface area contributed by atoms with Gasteiger partial charge < -0.3 is 15.1 Å². The van der Waals surface area contributed by atoms with Crippen LogP contribution in [0.1, 0.15) is 25.1 Å². The van der Waals surface area contributed by atoms with Crippen molar-refractivity contribution in [3.8, 4) is 0 Å². The van der Waals surface area contributed by atoms with E-state index in [2.05, 4.69) is 34.5 Å². The highest BCUT2D eigenvalue weighted by atomic mass is 32.1. The molecule has 0 bridgehead atoms. The van der Waals surface area contributed by atoms with E-state index in [-0.39, 0.29) is 12.4 Å². The van der Waals surface area contributed by atoms with Crippen molar-refractivity contribution in [1.82, 2.24) is 29.1 Å². The third kappa shape index (κ3) is 4.09. The molecule has 26 heavy (non-hydrogen) atoms. The van der Waals surface area contributed by atoms with Crippen LogP contribution < -0.4 is 10.2 Å². The Balaban J connectivity index is 1.54. The summed E-state index contributed by atoms with van der Waals surface area (Å²) in [4.78, 5) is 17.1. The van der Waals surface area contributed by atoms with Crippen LogP contribution in [0.15, 0.2) is 17.4 Å². The fourth-order valence-electron chi connectivity index (χ4n) is 2.78. The maximum atomic E-state index is 12.9. The van der Waals surface area contributed by atoms with Gasteiger partial charge in [-0.05, 0) is 0 Å². The van der Waals surface area contributed by atoms with Crippen molar-refractivity contribution >= 4 is 22.6 Å². The van der Waals surface area contributed by atoms with Crippen LogP contribution in [0.2, 0.25) is 0 Å². The first-order valence-electron chi connectivity index (χ1n) is 8.45. The molecule has 3 heterocycles. The summed E-state index contributed by atoms with van der Waals surface area (Å²) < 4.78 is 31.0. The number of imidazole rings is 1. The molecule has 1 fully saturated rings. The predicted molar refractivity (Wildman–Crippen MR) is 96.8 cm³/mol. The van der Waals surface area contributed by atoms with Crippen molar-refractivity contribution in [3.63, 3.8) is 0 Å². The molecule has 0 atom stereocenters. The van der Waals surface area contributed by atoms with Gasteiger partial charge in [0, 0.05) is 63.6 Å². The second kappa shape index (κ2) is 8.39. The van der Waals surface area contributed by atoms with Crippen molar-refractivity contribution in [2.75, 3.05) is 38.1 Å². The lowest BCUT2D eigenvalue weighted by Gasteiger charge is -2.36. The van der Waals surface area contributed by atoms with Gasteiger partial charge in [0.05, 0.1) is 6.54 Å². The molecule has 0 spiro atoms. The molecule has 142 valence electrons. The number of nitrogens with zero attached hydrogens (tertiary/aromatic N) is 7. The number of hydrogen-bond acceptors (Lipinski definition) is 6. The van der Waals surface area contributed by atoms with E-state index in [9.17, 15) is 8.78 Å². The number of aliphatic imine (C=N–C) groups is 1. The summed E-state index contributed by atoms with van der Waals surface area (Å²) in [7, 11) is 1.69. The second-order valence-electron chi connectivity index (χ2n) is 5.75. The first-order valence-corrected chi connectivity index (χ1v) is 9.22. The van der Waals surface area contributed by atoms with E-state index in [0.717, 1.165) is 48.1 Å². The Labute approximate surface area is 154 Å². The summed E-state index contributed by atoms with van der Waals surface area (Å²) in [6.07, 6.45) is 3.48. The number of aromatic nitrogens is 4. The summed E-state index contributed by atoms with van der Waals surface area (Å²) in [6, 6.07) is 0. The highest BCUT2D eigenvalue weighted by Gasteiger charge is 2.22. The van der Waals surface area contributed by atoms with Crippen LogP contribution in [0.4, 0.5) is 13.9 Å². The number of piperazine rings is 1. The molecular weight excluding hydrogens is 362 g/mol. The standard InChI is InChI=1S/C15H22F2N8S/c1-3-11-21-15(26-22-11)24-8-6-23(7-9-24)14(18-2)20-10-12-19-4-5-25(12)13(16)17/h4-5,13H,3,6-10H2,1-2H3,(H,18,20). The van der Waals surface area contributed by atoms with Crippen molar-refractivity contribution in [3.05, 3.63) is 24.0 Å². The van der Waals surface area contributed by atoms with E-state index in [1.807, 2.05) is 6.92 Å². The zero-order valence-electron chi connectivity index (χ0n) is 14.8. The molecule has 0 radical (unpaired) electrons. The van der Waals surface area contributed by atoms with E-state index >= 15 is 0 Å². The van der Waals surface area contributed by atoms with Gasteiger partial charge in [0.1, 0.15) is 11.6 Å². The molecule has 1 N–H and O–H groups in total. The maximum Gasteiger partial charge on any atom is 0.319 e. The van der Waals surface area contributed by atoms with Gasteiger partial charge in [-0.1, -0.05) is 6.92 Å². The Morgan fingerprint density at radius 3 is 2.73 bits per heavy atom. The first kappa shape index (κ1) is 18.5.